The van der Waals surface area contributed by atoms with E-state index in [0.717, 1.165) is 16.7 Å². The number of nitrogens with zero attached hydrogens (tertiary/aromatic N) is 1. The van der Waals surface area contributed by atoms with Crippen LogP contribution in [-0.2, 0) is 21.1 Å². The molecule has 186 valence electrons. The number of rotatable bonds is 8. The van der Waals surface area contributed by atoms with Gasteiger partial charge in [-0.15, -0.1) is 0 Å². The quantitative estimate of drug-likeness (QED) is 0.526. The molecule has 10 nitrogen and oxygen atoms in total. The maximum atomic E-state index is 13.5. The van der Waals surface area contributed by atoms with Gasteiger partial charge in [0, 0.05) is 24.9 Å². The van der Waals surface area contributed by atoms with E-state index in [2.05, 4.69) is 10.6 Å². The summed E-state index contributed by atoms with van der Waals surface area (Å²) < 4.78 is 35.8. The van der Waals surface area contributed by atoms with Crippen LogP contribution in [0.1, 0.15) is 40.1 Å². The molecule has 2 aromatic carbocycles. The lowest BCUT2D eigenvalue weighted by Crippen LogP contribution is -2.52. The van der Waals surface area contributed by atoms with Crippen LogP contribution in [0.15, 0.2) is 30.3 Å². The summed E-state index contributed by atoms with van der Waals surface area (Å²) in [6, 6.07) is 6.62. The molecule has 0 saturated heterocycles. The number of amides is 3. The summed E-state index contributed by atoms with van der Waals surface area (Å²) in [6.45, 7) is 3.58. The Bertz CT molecular complexity index is 1320. The van der Waals surface area contributed by atoms with Gasteiger partial charge in [-0.05, 0) is 37.1 Å². The molecule has 11 heteroatoms. The van der Waals surface area contributed by atoms with Crippen molar-refractivity contribution in [1.82, 2.24) is 4.90 Å². The first-order chi connectivity index (χ1) is 16.5. The molecule has 0 spiro atoms. The Kier molecular flexibility index (Phi) is 6.46. The molecule has 0 unspecified atom stereocenters. The van der Waals surface area contributed by atoms with Gasteiger partial charge in [-0.3, -0.25) is 19.3 Å². The molecule has 3 amide bonds. The third-order valence-electron chi connectivity index (χ3n) is 6.00. The van der Waals surface area contributed by atoms with Crippen molar-refractivity contribution >= 4 is 38.9 Å². The Hall–Kier alpha value is -3.60. The zero-order valence-corrected chi connectivity index (χ0v) is 20.7. The fourth-order valence-electron chi connectivity index (χ4n) is 4.63. The molecule has 0 aromatic heterocycles. The summed E-state index contributed by atoms with van der Waals surface area (Å²) in [5.74, 6) is -0.994. The highest BCUT2D eigenvalue weighted by atomic mass is 32.2. The summed E-state index contributed by atoms with van der Waals surface area (Å²) in [5.41, 5.74) is 1.96. The van der Waals surface area contributed by atoms with E-state index in [1.807, 2.05) is 13.0 Å². The number of benzene rings is 2. The Morgan fingerprint density at radius 2 is 1.97 bits per heavy atom. The largest absolute Gasteiger partial charge is 0.493 e. The maximum Gasteiger partial charge on any atom is 0.264 e. The number of carbonyl (C=O) groups excluding carboxylic acids is 3. The molecule has 0 saturated carbocycles. The third-order valence-corrected chi connectivity index (χ3v) is 6.94. The first kappa shape index (κ1) is 24.5. The molecule has 0 fully saturated rings. The highest BCUT2D eigenvalue weighted by molar-refractivity contribution is 7.90. The van der Waals surface area contributed by atoms with Gasteiger partial charge in [0.05, 0.1) is 48.4 Å². The van der Waals surface area contributed by atoms with Gasteiger partial charge in [-0.2, -0.15) is 0 Å². The van der Waals surface area contributed by atoms with Crippen LogP contribution < -0.4 is 20.1 Å². The van der Waals surface area contributed by atoms with Crippen molar-refractivity contribution in [3.05, 3.63) is 47.0 Å². The predicted molar refractivity (Wildman–Crippen MR) is 130 cm³/mol. The summed E-state index contributed by atoms with van der Waals surface area (Å²) in [7, 11) is -2.05. The van der Waals surface area contributed by atoms with Crippen molar-refractivity contribution in [1.29, 1.82) is 0 Å². The van der Waals surface area contributed by atoms with Crippen LogP contribution in [0.3, 0.4) is 0 Å². The standard InChI is InChI=1S/C24H27N3O7S/c1-5-34-21-11-17-14(10-20(21)33-3)9-18(26-17)19(12-35(4,31)32)27-23(29)15-7-6-8-16(25-13(2)28)22(15)24(27)30/h6-8,10-11,18-19,26H,5,9,12H2,1-4H3,(H,25,28)/t18-,19+/m1/s1. The zero-order valence-electron chi connectivity index (χ0n) is 19.9. The van der Waals surface area contributed by atoms with Crippen LogP contribution in [0.5, 0.6) is 11.5 Å². The summed E-state index contributed by atoms with van der Waals surface area (Å²) in [6.07, 6.45) is 1.43. The van der Waals surface area contributed by atoms with Crippen LogP contribution in [0, 0.1) is 0 Å². The van der Waals surface area contributed by atoms with E-state index in [0.29, 0.717) is 30.2 Å². The smallest absolute Gasteiger partial charge is 0.264 e. The SMILES string of the molecule is CCOc1cc2c(cc1OC)C[C@H]([C@H](CS(C)(=O)=O)N1C(=O)c3cccc(NC(C)=O)c3C1=O)N2. The number of imide groups is 1. The number of hydrogen-bond acceptors (Lipinski definition) is 8. The second kappa shape index (κ2) is 9.21. The van der Waals surface area contributed by atoms with E-state index in [1.165, 1.54) is 26.2 Å². The van der Waals surface area contributed by atoms with Crippen LogP contribution in [0.25, 0.3) is 0 Å². The Balaban J connectivity index is 1.72. The van der Waals surface area contributed by atoms with Crippen LogP contribution in [0.2, 0.25) is 0 Å². The van der Waals surface area contributed by atoms with E-state index in [-0.39, 0.29) is 16.8 Å². The maximum absolute atomic E-state index is 13.5. The lowest BCUT2D eigenvalue weighted by atomic mass is 10.0. The molecular formula is C24H27N3O7S. The number of sulfone groups is 1. The van der Waals surface area contributed by atoms with Gasteiger partial charge in [-0.25, -0.2) is 8.42 Å². The average Bonchev–Trinajstić information content (AvgIpc) is 3.30. The molecule has 2 N–H and O–H groups in total. The number of anilines is 2. The Morgan fingerprint density at radius 3 is 2.60 bits per heavy atom. The number of fused-ring (bicyclic) bond motifs is 2. The van der Waals surface area contributed by atoms with E-state index in [9.17, 15) is 22.8 Å². The van der Waals surface area contributed by atoms with Gasteiger partial charge in [0.25, 0.3) is 11.8 Å². The fraction of sp³-hybridized carbons (Fsp3) is 0.375. The first-order valence-electron chi connectivity index (χ1n) is 11.1. The normalized spacial score (nSPS) is 17.5. The minimum absolute atomic E-state index is 0.0574. The number of hydrogen-bond donors (Lipinski definition) is 2. The molecule has 2 aliphatic rings. The molecular weight excluding hydrogens is 474 g/mol. The van der Waals surface area contributed by atoms with Crippen molar-refractivity contribution in [3.8, 4) is 11.5 Å². The van der Waals surface area contributed by atoms with Gasteiger partial charge in [0.2, 0.25) is 5.91 Å². The molecule has 2 aromatic rings. The third kappa shape index (κ3) is 4.68. The summed E-state index contributed by atoms with van der Waals surface area (Å²) >= 11 is 0. The van der Waals surface area contributed by atoms with E-state index >= 15 is 0 Å². The molecule has 0 bridgehead atoms. The second-order valence-electron chi connectivity index (χ2n) is 8.60. The highest BCUT2D eigenvalue weighted by Crippen LogP contribution is 2.40. The van der Waals surface area contributed by atoms with E-state index in [1.54, 1.807) is 12.1 Å². The predicted octanol–water partition coefficient (Wildman–Crippen LogP) is 2.10. The van der Waals surface area contributed by atoms with Crippen LogP contribution in [-0.4, -0.2) is 68.8 Å². The number of nitrogens with one attached hydrogen (secondary N) is 2. The molecule has 2 aliphatic heterocycles. The molecule has 2 atom stereocenters. The average molecular weight is 502 g/mol. The van der Waals surface area contributed by atoms with Crippen molar-refractivity contribution in [3.63, 3.8) is 0 Å². The number of ether oxygens (including phenoxy) is 2. The highest BCUT2D eigenvalue weighted by Gasteiger charge is 2.46. The lowest BCUT2D eigenvalue weighted by molar-refractivity contribution is -0.114. The molecule has 0 radical (unpaired) electrons. The monoisotopic (exact) mass is 501 g/mol. The fourth-order valence-corrected chi connectivity index (χ4v) is 5.63. The van der Waals surface area contributed by atoms with Crippen molar-refractivity contribution in [2.24, 2.45) is 0 Å². The van der Waals surface area contributed by atoms with Gasteiger partial charge in [-0.1, -0.05) is 6.07 Å². The first-order valence-corrected chi connectivity index (χ1v) is 13.2. The zero-order chi connectivity index (χ0) is 25.5. The minimum atomic E-state index is -3.58. The van der Waals surface area contributed by atoms with Crippen molar-refractivity contribution in [2.45, 2.75) is 32.4 Å². The summed E-state index contributed by atoms with van der Waals surface area (Å²) in [4.78, 5) is 39.5. The molecule has 2 heterocycles. The van der Waals surface area contributed by atoms with Gasteiger partial charge < -0.3 is 20.1 Å². The van der Waals surface area contributed by atoms with Crippen molar-refractivity contribution in [2.75, 3.05) is 36.4 Å². The van der Waals surface area contributed by atoms with Crippen molar-refractivity contribution < 1.29 is 32.3 Å². The van der Waals surface area contributed by atoms with Crippen LogP contribution in [0.4, 0.5) is 11.4 Å². The number of carbonyl (C=O) groups is 3. The van der Waals surface area contributed by atoms with Gasteiger partial charge >= 0.3 is 0 Å². The Morgan fingerprint density at radius 1 is 1.23 bits per heavy atom. The minimum Gasteiger partial charge on any atom is -0.493 e. The number of methoxy groups -OCH3 is 1. The summed E-state index contributed by atoms with van der Waals surface area (Å²) in [5, 5.41) is 5.86. The van der Waals surface area contributed by atoms with Gasteiger partial charge in [0.1, 0.15) is 9.84 Å². The molecule has 35 heavy (non-hydrogen) atoms. The van der Waals surface area contributed by atoms with E-state index in [4.69, 9.17) is 9.47 Å². The van der Waals surface area contributed by atoms with E-state index < -0.39 is 45.4 Å². The Labute approximate surface area is 203 Å². The lowest BCUT2D eigenvalue weighted by Gasteiger charge is -2.31. The van der Waals surface area contributed by atoms with Crippen LogP contribution >= 0.6 is 0 Å². The molecule has 4 rings (SSSR count). The molecule has 0 aliphatic carbocycles. The second-order valence-corrected chi connectivity index (χ2v) is 10.8. The van der Waals surface area contributed by atoms with Gasteiger partial charge in [0.15, 0.2) is 11.5 Å². The topological polar surface area (TPSA) is 131 Å².